The highest BCUT2D eigenvalue weighted by atomic mass is 16.5. The molecule has 7 nitrogen and oxygen atoms in total. The van der Waals surface area contributed by atoms with E-state index in [1.54, 1.807) is 24.3 Å². The van der Waals surface area contributed by atoms with Crippen molar-refractivity contribution in [3.05, 3.63) is 108 Å². The number of esters is 2. The summed E-state index contributed by atoms with van der Waals surface area (Å²) < 4.78 is 15.9. The average Bonchev–Trinajstić information content (AvgIpc) is 2.90. The summed E-state index contributed by atoms with van der Waals surface area (Å²) in [6.45, 7) is 4.20. The lowest BCUT2D eigenvalue weighted by molar-refractivity contribution is -0.137. The van der Waals surface area contributed by atoms with Crippen LogP contribution in [0.2, 0.25) is 0 Å². The minimum absolute atomic E-state index is 0.112. The van der Waals surface area contributed by atoms with Gasteiger partial charge in [-0.25, -0.2) is 14.4 Å². The van der Waals surface area contributed by atoms with Crippen molar-refractivity contribution in [1.82, 2.24) is 0 Å². The zero-order valence-corrected chi connectivity index (χ0v) is 19.4. The molecule has 1 N–H and O–H groups in total. The summed E-state index contributed by atoms with van der Waals surface area (Å²) in [6, 6.07) is 19.7. The highest BCUT2D eigenvalue weighted by Crippen LogP contribution is 2.15. The predicted molar refractivity (Wildman–Crippen MR) is 133 cm³/mol. The molecule has 0 spiro atoms. The third-order valence-electron chi connectivity index (χ3n) is 4.86. The van der Waals surface area contributed by atoms with Crippen LogP contribution in [0.3, 0.4) is 0 Å². The van der Waals surface area contributed by atoms with Crippen molar-refractivity contribution >= 4 is 17.9 Å². The standard InChI is InChI=1S/C29H24O7/c1-2-27(30)35-20-4-3-19-34-25-15-9-22(10-16-25)6-5-21-7-11-24(12-8-21)29(33)36-26-17-13-23(14-18-26)28(31)32/h2,7-18H,1,3-4,19-20H2,(H,31,32). The van der Waals surface area contributed by atoms with Crippen LogP contribution in [0.5, 0.6) is 11.5 Å². The van der Waals surface area contributed by atoms with E-state index < -0.39 is 17.9 Å². The van der Waals surface area contributed by atoms with Gasteiger partial charge in [-0.05, 0) is 85.6 Å². The molecule has 3 aromatic carbocycles. The molecule has 3 aromatic rings. The Morgan fingerprint density at radius 2 is 1.28 bits per heavy atom. The molecule has 0 aliphatic heterocycles. The van der Waals surface area contributed by atoms with Crippen LogP contribution in [0.25, 0.3) is 0 Å². The van der Waals surface area contributed by atoms with Crippen molar-refractivity contribution in [3.63, 3.8) is 0 Å². The van der Waals surface area contributed by atoms with Crippen LogP contribution in [0.15, 0.2) is 85.5 Å². The van der Waals surface area contributed by atoms with E-state index in [9.17, 15) is 14.4 Å². The van der Waals surface area contributed by atoms with Gasteiger partial charge in [0.15, 0.2) is 0 Å². The second-order valence-electron chi connectivity index (χ2n) is 7.50. The molecule has 0 unspecified atom stereocenters. The summed E-state index contributed by atoms with van der Waals surface area (Å²) in [5.74, 6) is 5.07. The fourth-order valence-electron chi connectivity index (χ4n) is 2.93. The Morgan fingerprint density at radius 1 is 0.750 bits per heavy atom. The first-order valence-electron chi connectivity index (χ1n) is 11.1. The maximum atomic E-state index is 12.3. The minimum Gasteiger partial charge on any atom is -0.494 e. The zero-order valence-electron chi connectivity index (χ0n) is 19.4. The topological polar surface area (TPSA) is 99.1 Å². The molecule has 36 heavy (non-hydrogen) atoms. The van der Waals surface area contributed by atoms with Gasteiger partial charge < -0.3 is 19.3 Å². The van der Waals surface area contributed by atoms with Gasteiger partial charge >= 0.3 is 17.9 Å². The van der Waals surface area contributed by atoms with E-state index >= 15 is 0 Å². The Bertz CT molecular complexity index is 1260. The molecule has 182 valence electrons. The van der Waals surface area contributed by atoms with Crippen molar-refractivity contribution in [2.75, 3.05) is 13.2 Å². The molecule has 0 heterocycles. The molecule has 0 bridgehead atoms. The molecule has 0 atom stereocenters. The van der Waals surface area contributed by atoms with Crippen molar-refractivity contribution in [2.24, 2.45) is 0 Å². The number of carbonyl (C=O) groups excluding carboxylic acids is 2. The number of rotatable bonds is 10. The van der Waals surface area contributed by atoms with Crippen molar-refractivity contribution in [1.29, 1.82) is 0 Å². The second kappa shape index (κ2) is 13.2. The highest BCUT2D eigenvalue weighted by molar-refractivity contribution is 5.91. The normalized spacial score (nSPS) is 9.89. The Kier molecular flexibility index (Phi) is 9.43. The summed E-state index contributed by atoms with van der Waals surface area (Å²) in [5, 5.41) is 8.93. The maximum absolute atomic E-state index is 12.3. The van der Waals surface area contributed by atoms with E-state index in [0.29, 0.717) is 25.2 Å². The first-order chi connectivity index (χ1) is 17.4. The van der Waals surface area contributed by atoms with Crippen molar-refractivity contribution in [2.45, 2.75) is 12.8 Å². The van der Waals surface area contributed by atoms with Gasteiger partial charge in [0, 0.05) is 17.2 Å². The second-order valence-corrected chi connectivity index (χ2v) is 7.50. The number of carboxylic acid groups (broad SMARTS) is 1. The van der Waals surface area contributed by atoms with Crippen LogP contribution >= 0.6 is 0 Å². The first kappa shape index (κ1) is 25.8. The lowest BCUT2D eigenvalue weighted by atomic mass is 10.1. The van der Waals surface area contributed by atoms with E-state index in [-0.39, 0.29) is 11.3 Å². The Hall–Kier alpha value is -4.83. The number of unbranched alkanes of at least 4 members (excludes halogenated alkanes) is 1. The number of carbonyl (C=O) groups is 3. The Morgan fingerprint density at radius 3 is 1.86 bits per heavy atom. The van der Waals surface area contributed by atoms with Crippen LogP contribution in [-0.4, -0.2) is 36.2 Å². The molecule has 0 aliphatic rings. The Balaban J connectivity index is 1.46. The van der Waals surface area contributed by atoms with Crippen molar-refractivity contribution in [3.8, 4) is 23.3 Å². The smallest absolute Gasteiger partial charge is 0.343 e. The molecule has 0 radical (unpaired) electrons. The van der Waals surface area contributed by atoms with Gasteiger partial charge in [-0.2, -0.15) is 0 Å². The van der Waals surface area contributed by atoms with Gasteiger partial charge in [-0.3, -0.25) is 0 Å². The summed E-state index contributed by atoms with van der Waals surface area (Å²) in [4.78, 5) is 34.2. The van der Waals surface area contributed by atoms with E-state index in [4.69, 9.17) is 19.3 Å². The van der Waals surface area contributed by atoms with Gasteiger partial charge in [0.25, 0.3) is 0 Å². The van der Waals surface area contributed by atoms with Gasteiger partial charge in [-0.1, -0.05) is 18.4 Å². The van der Waals surface area contributed by atoms with Crippen LogP contribution in [0.1, 0.15) is 44.7 Å². The molecule has 7 heteroatoms. The highest BCUT2D eigenvalue weighted by Gasteiger charge is 2.09. The van der Waals surface area contributed by atoms with E-state index in [1.807, 2.05) is 24.3 Å². The van der Waals surface area contributed by atoms with Gasteiger partial charge in [0.05, 0.1) is 24.3 Å². The largest absolute Gasteiger partial charge is 0.494 e. The number of aromatic carboxylic acids is 1. The van der Waals surface area contributed by atoms with Gasteiger partial charge in [0.2, 0.25) is 0 Å². The number of benzene rings is 3. The van der Waals surface area contributed by atoms with Crippen LogP contribution < -0.4 is 9.47 Å². The SMILES string of the molecule is C=CC(=O)OCCCCOc1ccc(C#Cc2ccc(C(=O)Oc3ccc(C(=O)O)cc3)cc2)cc1. The summed E-state index contributed by atoms with van der Waals surface area (Å²) in [5.41, 5.74) is 2.01. The molecule has 0 saturated carbocycles. The predicted octanol–water partition coefficient (Wildman–Crippen LogP) is 4.89. The van der Waals surface area contributed by atoms with E-state index in [1.165, 1.54) is 24.3 Å². The van der Waals surface area contributed by atoms with Crippen LogP contribution in [0, 0.1) is 11.8 Å². The monoisotopic (exact) mass is 484 g/mol. The molecule has 0 amide bonds. The lowest BCUT2D eigenvalue weighted by Crippen LogP contribution is -2.08. The first-order valence-corrected chi connectivity index (χ1v) is 11.1. The molecule has 0 aliphatic carbocycles. The van der Waals surface area contributed by atoms with Crippen LogP contribution in [-0.2, 0) is 9.53 Å². The quantitative estimate of drug-likeness (QED) is 0.144. The number of ether oxygens (including phenoxy) is 3. The number of hydrogen-bond acceptors (Lipinski definition) is 6. The minimum atomic E-state index is -1.05. The third-order valence-corrected chi connectivity index (χ3v) is 4.86. The lowest BCUT2D eigenvalue weighted by Gasteiger charge is -2.06. The third kappa shape index (κ3) is 8.19. The van der Waals surface area contributed by atoms with Gasteiger partial charge in [0.1, 0.15) is 11.5 Å². The molecule has 0 saturated heterocycles. The number of carboxylic acids is 1. The number of hydrogen-bond donors (Lipinski definition) is 1. The van der Waals surface area contributed by atoms with E-state index in [0.717, 1.165) is 29.4 Å². The maximum Gasteiger partial charge on any atom is 0.343 e. The fourth-order valence-corrected chi connectivity index (χ4v) is 2.93. The summed E-state index contributed by atoms with van der Waals surface area (Å²) >= 11 is 0. The van der Waals surface area contributed by atoms with Gasteiger partial charge in [-0.15, -0.1) is 0 Å². The van der Waals surface area contributed by atoms with Crippen molar-refractivity contribution < 1.29 is 33.7 Å². The van der Waals surface area contributed by atoms with Crippen LogP contribution in [0.4, 0.5) is 0 Å². The molecule has 0 aromatic heterocycles. The average molecular weight is 485 g/mol. The van der Waals surface area contributed by atoms with E-state index in [2.05, 4.69) is 18.4 Å². The molecule has 3 rings (SSSR count). The summed E-state index contributed by atoms with van der Waals surface area (Å²) in [7, 11) is 0. The zero-order chi connectivity index (χ0) is 25.8. The molecule has 0 fully saturated rings. The fraction of sp³-hybridized carbons (Fsp3) is 0.138. The summed E-state index contributed by atoms with van der Waals surface area (Å²) in [6.07, 6.45) is 2.60. The Labute approximate surface area is 208 Å². The molecular formula is C29H24O7. The molecular weight excluding hydrogens is 460 g/mol.